The third-order valence-corrected chi connectivity index (χ3v) is 9.65. The van der Waals surface area contributed by atoms with Crippen molar-refractivity contribution in [2.24, 2.45) is 7.05 Å². The molecule has 1 aliphatic heterocycles. The Kier molecular flexibility index (Phi) is 7.00. The van der Waals surface area contributed by atoms with Crippen LogP contribution in [0.5, 0.6) is 0 Å². The summed E-state index contributed by atoms with van der Waals surface area (Å²) in [7, 11) is -1.13. The SMILES string of the molecule is CCS(=O)(=O)c1ccc2c(c1)CCN(CCCSc1nnc(-c3ccc4[nH]ccc4c3)n1C)CC2. The first-order chi connectivity index (χ1) is 16.9. The number of hydrogen-bond acceptors (Lipinski definition) is 6. The molecule has 35 heavy (non-hydrogen) atoms. The van der Waals surface area contributed by atoms with Crippen LogP contribution in [0.25, 0.3) is 22.3 Å². The number of fused-ring (bicyclic) bond motifs is 2. The molecule has 0 atom stereocenters. The number of thioether (sulfide) groups is 1. The lowest BCUT2D eigenvalue weighted by atomic mass is 10.0. The Morgan fingerprint density at radius 3 is 2.69 bits per heavy atom. The van der Waals surface area contributed by atoms with E-state index < -0.39 is 9.84 Å². The van der Waals surface area contributed by atoms with E-state index in [2.05, 4.69) is 48.9 Å². The van der Waals surface area contributed by atoms with Crippen LogP contribution in [-0.4, -0.2) is 64.2 Å². The molecule has 1 N–H and O–H groups in total. The molecule has 9 heteroatoms. The van der Waals surface area contributed by atoms with Crippen LogP contribution in [0.15, 0.2) is 58.7 Å². The smallest absolute Gasteiger partial charge is 0.191 e. The largest absolute Gasteiger partial charge is 0.361 e. The number of H-pyrrole nitrogens is 1. The molecule has 1 aliphatic rings. The van der Waals surface area contributed by atoms with Crippen LogP contribution in [0.1, 0.15) is 24.5 Å². The predicted octanol–water partition coefficient (Wildman–Crippen LogP) is 4.34. The Hall–Kier alpha value is -2.62. The van der Waals surface area contributed by atoms with Gasteiger partial charge in [-0.2, -0.15) is 0 Å². The number of aromatic nitrogens is 4. The number of aromatic amines is 1. The molecule has 184 valence electrons. The standard InChI is InChI=1S/C26H31N5O2S2/c1-3-35(32,33)23-7-5-19-10-14-31(15-11-20(19)18-23)13-4-16-34-26-29-28-25(30(26)2)22-6-8-24-21(17-22)9-12-27-24/h5-9,12,17-18,27H,3-4,10-11,13-16H2,1-2H3. The summed E-state index contributed by atoms with van der Waals surface area (Å²) in [5.41, 5.74) is 4.65. The second-order valence-electron chi connectivity index (χ2n) is 9.02. The molecule has 0 unspecified atom stereocenters. The van der Waals surface area contributed by atoms with Crippen LogP contribution in [0, 0.1) is 0 Å². The van der Waals surface area contributed by atoms with Gasteiger partial charge >= 0.3 is 0 Å². The average molecular weight is 510 g/mol. The summed E-state index contributed by atoms with van der Waals surface area (Å²) < 4.78 is 26.6. The van der Waals surface area contributed by atoms with Gasteiger partial charge < -0.3 is 14.5 Å². The Morgan fingerprint density at radius 2 is 1.86 bits per heavy atom. The van der Waals surface area contributed by atoms with Crippen molar-refractivity contribution in [2.45, 2.75) is 36.2 Å². The van der Waals surface area contributed by atoms with E-state index in [0.717, 1.165) is 66.7 Å². The first-order valence-corrected chi connectivity index (χ1v) is 14.7. The lowest BCUT2D eigenvalue weighted by Crippen LogP contribution is -2.27. The van der Waals surface area contributed by atoms with Crippen molar-refractivity contribution in [1.29, 1.82) is 0 Å². The van der Waals surface area contributed by atoms with Crippen molar-refractivity contribution in [3.8, 4) is 11.4 Å². The van der Waals surface area contributed by atoms with Crippen LogP contribution in [0.2, 0.25) is 0 Å². The molecule has 7 nitrogen and oxygen atoms in total. The lowest BCUT2D eigenvalue weighted by molar-refractivity contribution is 0.289. The molecular weight excluding hydrogens is 478 g/mol. The number of hydrogen-bond donors (Lipinski definition) is 1. The molecule has 0 radical (unpaired) electrons. The fourth-order valence-electron chi connectivity index (χ4n) is 4.67. The number of nitrogens with zero attached hydrogens (tertiary/aromatic N) is 4. The predicted molar refractivity (Wildman–Crippen MR) is 142 cm³/mol. The Bertz CT molecular complexity index is 1440. The normalized spacial score (nSPS) is 14.8. The minimum absolute atomic E-state index is 0.144. The fourth-order valence-corrected chi connectivity index (χ4v) is 6.43. The van der Waals surface area contributed by atoms with Gasteiger partial charge in [-0.3, -0.25) is 0 Å². The first kappa shape index (κ1) is 24.1. The zero-order valence-electron chi connectivity index (χ0n) is 20.2. The van der Waals surface area contributed by atoms with Gasteiger partial charge in [0.15, 0.2) is 20.8 Å². The molecule has 0 saturated carbocycles. The van der Waals surface area contributed by atoms with Gasteiger partial charge in [0, 0.05) is 48.6 Å². The van der Waals surface area contributed by atoms with Crippen molar-refractivity contribution in [3.05, 3.63) is 59.8 Å². The van der Waals surface area contributed by atoms with Crippen molar-refractivity contribution in [2.75, 3.05) is 31.1 Å². The van der Waals surface area contributed by atoms with E-state index in [-0.39, 0.29) is 5.75 Å². The van der Waals surface area contributed by atoms with E-state index in [9.17, 15) is 8.42 Å². The molecule has 3 heterocycles. The second-order valence-corrected chi connectivity index (χ2v) is 12.4. The summed E-state index contributed by atoms with van der Waals surface area (Å²) in [5.74, 6) is 2.00. The zero-order chi connectivity index (χ0) is 24.4. The van der Waals surface area contributed by atoms with E-state index >= 15 is 0 Å². The maximum absolute atomic E-state index is 12.2. The minimum Gasteiger partial charge on any atom is -0.361 e. The van der Waals surface area contributed by atoms with Crippen molar-refractivity contribution in [3.63, 3.8) is 0 Å². The van der Waals surface area contributed by atoms with Gasteiger partial charge in [0.1, 0.15) is 0 Å². The van der Waals surface area contributed by atoms with Gasteiger partial charge in [0.05, 0.1) is 10.6 Å². The first-order valence-electron chi connectivity index (χ1n) is 12.1. The number of nitrogens with one attached hydrogen (secondary N) is 1. The molecule has 4 aromatic rings. The zero-order valence-corrected chi connectivity index (χ0v) is 21.8. The maximum Gasteiger partial charge on any atom is 0.191 e. The monoisotopic (exact) mass is 509 g/mol. The van der Waals surface area contributed by atoms with Crippen LogP contribution < -0.4 is 0 Å². The summed E-state index contributed by atoms with van der Waals surface area (Å²) in [4.78, 5) is 6.17. The molecule has 0 amide bonds. The molecule has 0 fully saturated rings. The highest BCUT2D eigenvalue weighted by molar-refractivity contribution is 7.99. The molecule has 0 bridgehead atoms. The van der Waals surface area contributed by atoms with E-state index in [1.165, 1.54) is 16.5 Å². The molecular formula is C26H31N5O2S2. The Labute approximate surface area is 210 Å². The van der Waals surface area contributed by atoms with E-state index in [1.807, 2.05) is 25.4 Å². The van der Waals surface area contributed by atoms with Crippen molar-refractivity contribution < 1.29 is 8.42 Å². The molecule has 2 aromatic carbocycles. The van der Waals surface area contributed by atoms with E-state index in [1.54, 1.807) is 24.8 Å². The number of sulfone groups is 1. The topological polar surface area (TPSA) is 83.9 Å². The number of benzene rings is 2. The quantitative estimate of drug-likeness (QED) is 0.281. The third kappa shape index (κ3) is 5.17. The van der Waals surface area contributed by atoms with Gasteiger partial charge in [-0.15, -0.1) is 10.2 Å². The van der Waals surface area contributed by atoms with Crippen LogP contribution >= 0.6 is 11.8 Å². The molecule has 2 aromatic heterocycles. The molecule has 0 spiro atoms. The van der Waals surface area contributed by atoms with Crippen molar-refractivity contribution >= 4 is 32.5 Å². The van der Waals surface area contributed by atoms with Gasteiger partial charge in [-0.25, -0.2) is 8.42 Å². The van der Waals surface area contributed by atoms with Crippen LogP contribution in [0.4, 0.5) is 0 Å². The Morgan fingerprint density at radius 1 is 1.03 bits per heavy atom. The minimum atomic E-state index is -3.16. The van der Waals surface area contributed by atoms with Crippen molar-refractivity contribution in [1.82, 2.24) is 24.6 Å². The summed E-state index contributed by atoms with van der Waals surface area (Å²) in [6.07, 6.45) is 4.87. The lowest BCUT2D eigenvalue weighted by Gasteiger charge is -2.19. The third-order valence-electron chi connectivity index (χ3n) is 6.81. The summed E-state index contributed by atoms with van der Waals surface area (Å²) in [6, 6.07) is 14.0. The van der Waals surface area contributed by atoms with E-state index in [4.69, 9.17) is 0 Å². The highest BCUT2D eigenvalue weighted by Gasteiger charge is 2.18. The Balaban J connectivity index is 1.14. The molecule has 0 saturated heterocycles. The van der Waals surface area contributed by atoms with Crippen LogP contribution in [-0.2, 0) is 29.7 Å². The van der Waals surface area contributed by atoms with Crippen LogP contribution in [0.3, 0.4) is 0 Å². The summed E-state index contributed by atoms with van der Waals surface area (Å²) >= 11 is 1.75. The fraction of sp³-hybridized carbons (Fsp3) is 0.385. The molecule has 5 rings (SSSR count). The average Bonchev–Trinajstić information content (AvgIpc) is 3.42. The maximum atomic E-state index is 12.2. The van der Waals surface area contributed by atoms with Gasteiger partial charge in [-0.05, 0) is 73.3 Å². The molecule has 0 aliphatic carbocycles. The summed E-state index contributed by atoms with van der Waals surface area (Å²) in [5, 5.41) is 11.0. The van der Waals surface area contributed by atoms with Gasteiger partial charge in [0.2, 0.25) is 0 Å². The number of rotatable bonds is 8. The highest BCUT2D eigenvalue weighted by Crippen LogP contribution is 2.26. The van der Waals surface area contributed by atoms with E-state index in [0.29, 0.717) is 4.90 Å². The van der Waals surface area contributed by atoms with Gasteiger partial charge in [-0.1, -0.05) is 24.8 Å². The van der Waals surface area contributed by atoms with Gasteiger partial charge in [0.25, 0.3) is 0 Å². The highest BCUT2D eigenvalue weighted by atomic mass is 32.2. The summed E-state index contributed by atoms with van der Waals surface area (Å²) in [6.45, 7) is 4.69. The second kappa shape index (κ2) is 10.2.